The van der Waals surface area contributed by atoms with E-state index in [1.54, 1.807) is 0 Å². The average molecular weight is 450 g/mol. The third kappa shape index (κ3) is 6.99. The molecule has 0 saturated carbocycles. The molecule has 1 atom stereocenters. The molecule has 0 amide bonds. The molecule has 0 aliphatic heterocycles. The van der Waals surface area contributed by atoms with Crippen LogP contribution in [0, 0.1) is 0 Å². The Morgan fingerprint density at radius 2 is 1.06 bits per heavy atom. The van der Waals surface area contributed by atoms with Gasteiger partial charge in [-0.15, -0.1) is 0 Å². The average Bonchev–Trinajstić information content (AvgIpc) is 2.81. The molecule has 3 aromatic carbocycles. The number of hydrogen-bond donors (Lipinski definition) is 5. The van der Waals surface area contributed by atoms with Crippen LogP contribution in [0.2, 0.25) is 0 Å². The van der Waals surface area contributed by atoms with E-state index in [0.717, 1.165) is 16.7 Å². The van der Waals surface area contributed by atoms with Crippen molar-refractivity contribution in [2.45, 2.75) is 18.0 Å². The summed E-state index contributed by atoms with van der Waals surface area (Å²) < 4.78 is 0. The Balaban J connectivity index is 0.000000365. The Labute approximate surface area is 191 Å². The number of benzene rings is 3. The highest BCUT2D eigenvalue weighted by molar-refractivity contribution is 5.80. The summed E-state index contributed by atoms with van der Waals surface area (Å²) in [5.74, 6) is -3.38. The van der Waals surface area contributed by atoms with Crippen molar-refractivity contribution in [2.24, 2.45) is 5.73 Å². The SMILES string of the molecule is NC(CC(=O)O)C(=O)O.O=C(O)CNC(c1ccccc1)(c1ccccc1)c1ccccc1. The quantitative estimate of drug-likeness (QED) is 0.312. The van der Waals surface area contributed by atoms with Crippen LogP contribution < -0.4 is 11.1 Å². The molecule has 0 aliphatic carbocycles. The summed E-state index contributed by atoms with van der Waals surface area (Å²) in [4.78, 5) is 30.9. The second kappa shape index (κ2) is 12.1. The molecule has 0 spiro atoms. The summed E-state index contributed by atoms with van der Waals surface area (Å²) in [5.41, 5.74) is 7.13. The van der Waals surface area contributed by atoms with Crippen molar-refractivity contribution in [3.63, 3.8) is 0 Å². The predicted octanol–water partition coefficient (Wildman–Crippen LogP) is 2.53. The molecular weight excluding hydrogens is 424 g/mol. The first-order valence-electron chi connectivity index (χ1n) is 10.1. The first kappa shape index (κ1) is 25.3. The zero-order valence-electron chi connectivity index (χ0n) is 17.8. The monoisotopic (exact) mass is 450 g/mol. The Kier molecular flexibility index (Phi) is 9.29. The maximum atomic E-state index is 11.3. The molecule has 8 nitrogen and oxygen atoms in total. The van der Waals surface area contributed by atoms with Gasteiger partial charge in [-0.25, -0.2) is 0 Å². The zero-order chi connectivity index (χ0) is 24.3. The van der Waals surface area contributed by atoms with Crippen molar-refractivity contribution in [1.82, 2.24) is 5.32 Å². The number of aliphatic carboxylic acids is 3. The van der Waals surface area contributed by atoms with Gasteiger partial charge in [-0.2, -0.15) is 0 Å². The fourth-order valence-electron chi connectivity index (χ4n) is 3.35. The minimum absolute atomic E-state index is 0.140. The molecular formula is C25H26N2O6. The van der Waals surface area contributed by atoms with Crippen molar-refractivity contribution in [2.75, 3.05) is 6.54 Å². The number of hydrogen-bond acceptors (Lipinski definition) is 5. The van der Waals surface area contributed by atoms with E-state index in [1.807, 2.05) is 91.0 Å². The topological polar surface area (TPSA) is 150 Å². The van der Waals surface area contributed by atoms with E-state index < -0.39 is 35.9 Å². The van der Waals surface area contributed by atoms with Gasteiger partial charge >= 0.3 is 17.9 Å². The van der Waals surface area contributed by atoms with E-state index in [-0.39, 0.29) is 6.54 Å². The summed E-state index contributed by atoms with van der Waals surface area (Å²) >= 11 is 0. The first-order chi connectivity index (χ1) is 15.8. The molecule has 0 bridgehead atoms. The lowest BCUT2D eigenvalue weighted by molar-refractivity contribution is -0.144. The smallest absolute Gasteiger partial charge is 0.321 e. The molecule has 0 aromatic heterocycles. The summed E-state index contributed by atoms with van der Waals surface area (Å²) in [6, 6.07) is 28.5. The van der Waals surface area contributed by atoms with Crippen molar-refractivity contribution in [3.05, 3.63) is 108 Å². The van der Waals surface area contributed by atoms with Gasteiger partial charge in [-0.3, -0.25) is 19.7 Å². The molecule has 0 aliphatic rings. The van der Waals surface area contributed by atoms with E-state index in [9.17, 15) is 19.5 Å². The lowest BCUT2D eigenvalue weighted by atomic mass is 9.77. The van der Waals surface area contributed by atoms with Crippen molar-refractivity contribution >= 4 is 17.9 Å². The minimum atomic E-state index is -1.29. The third-order valence-corrected chi connectivity index (χ3v) is 4.84. The molecule has 0 radical (unpaired) electrons. The van der Waals surface area contributed by atoms with E-state index in [0.29, 0.717) is 0 Å². The fraction of sp³-hybridized carbons (Fsp3) is 0.160. The molecule has 0 saturated heterocycles. The number of carbonyl (C=O) groups is 3. The highest BCUT2D eigenvalue weighted by atomic mass is 16.4. The molecule has 0 heterocycles. The summed E-state index contributed by atoms with van der Waals surface area (Å²) in [6.07, 6.45) is -0.532. The van der Waals surface area contributed by atoms with Crippen LogP contribution in [0.5, 0.6) is 0 Å². The maximum absolute atomic E-state index is 11.3. The number of rotatable bonds is 9. The van der Waals surface area contributed by atoms with E-state index in [1.165, 1.54) is 0 Å². The predicted molar refractivity (Wildman–Crippen MR) is 123 cm³/mol. The van der Waals surface area contributed by atoms with Crippen LogP contribution in [0.15, 0.2) is 91.0 Å². The van der Waals surface area contributed by atoms with Gasteiger partial charge in [-0.05, 0) is 16.7 Å². The molecule has 8 heteroatoms. The lowest BCUT2D eigenvalue weighted by Gasteiger charge is -2.36. The normalized spacial score (nSPS) is 11.5. The fourth-order valence-corrected chi connectivity index (χ4v) is 3.35. The van der Waals surface area contributed by atoms with Gasteiger partial charge in [0.2, 0.25) is 0 Å². The Bertz CT molecular complexity index is 946. The zero-order valence-corrected chi connectivity index (χ0v) is 17.8. The van der Waals surface area contributed by atoms with Gasteiger partial charge in [0.15, 0.2) is 0 Å². The molecule has 3 rings (SSSR count). The van der Waals surface area contributed by atoms with Crippen LogP contribution in [0.4, 0.5) is 0 Å². The molecule has 172 valence electrons. The second-order valence-electron chi connectivity index (χ2n) is 7.14. The summed E-state index contributed by atoms with van der Waals surface area (Å²) in [7, 11) is 0. The number of carboxylic acids is 3. The van der Waals surface area contributed by atoms with Gasteiger partial charge in [-0.1, -0.05) is 91.0 Å². The van der Waals surface area contributed by atoms with Crippen molar-refractivity contribution in [1.29, 1.82) is 0 Å². The van der Waals surface area contributed by atoms with E-state index in [2.05, 4.69) is 5.32 Å². The molecule has 1 unspecified atom stereocenters. The van der Waals surface area contributed by atoms with Gasteiger partial charge in [0, 0.05) is 0 Å². The standard InChI is InChI=1S/C21H19NO2.C4H7NO4/c23-20(24)16-22-21(17-10-4-1-5-11-17,18-12-6-2-7-13-18)19-14-8-3-9-15-19;5-2(4(8)9)1-3(6)7/h1-15,22H,16H2,(H,23,24);2H,1,5H2,(H,6,7)(H,8,9). The summed E-state index contributed by atoms with van der Waals surface area (Å²) in [6.45, 7) is -0.140. The summed E-state index contributed by atoms with van der Waals surface area (Å²) in [5, 5.41) is 28.6. The number of carboxylic acid groups (broad SMARTS) is 3. The van der Waals surface area contributed by atoms with E-state index in [4.69, 9.17) is 15.9 Å². The van der Waals surface area contributed by atoms with Crippen molar-refractivity contribution in [3.8, 4) is 0 Å². The third-order valence-electron chi connectivity index (χ3n) is 4.84. The van der Waals surface area contributed by atoms with Crippen LogP contribution in [-0.2, 0) is 19.9 Å². The van der Waals surface area contributed by atoms with Gasteiger partial charge in [0.05, 0.1) is 18.5 Å². The Morgan fingerprint density at radius 3 is 1.30 bits per heavy atom. The van der Waals surface area contributed by atoms with Crippen LogP contribution in [-0.4, -0.2) is 45.8 Å². The molecule has 33 heavy (non-hydrogen) atoms. The highest BCUT2D eigenvalue weighted by Crippen LogP contribution is 2.36. The Morgan fingerprint density at radius 1 is 0.697 bits per heavy atom. The number of nitrogens with one attached hydrogen (secondary N) is 1. The van der Waals surface area contributed by atoms with Gasteiger partial charge in [0.1, 0.15) is 6.04 Å². The maximum Gasteiger partial charge on any atom is 0.321 e. The molecule has 3 aromatic rings. The first-order valence-corrected chi connectivity index (χ1v) is 10.1. The number of nitrogens with two attached hydrogens (primary N) is 1. The molecule has 0 fully saturated rings. The lowest BCUT2D eigenvalue weighted by Crippen LogP contribution is -2.46. The van der Waals surface area contributed by atoms with Crippen molar-refractivity contribution < 1.29 is 29.7 Å². The van der Waals surface area contributed by atoms with E-state index >= 15 is 0 Å². The minimum Gasteiger partial charge on any atom is -0.481 e. The van der Waals surface area contributed by atoms with Crippen LogP contribution in [0.25, 0.3) is 0 Å². The molecule has 6 N–H and O–H groups in total. The van der Waals surface area contributed by atoms with Gasteiger partial charge < -0.3 is 21.1 Å². The second-order valence-corrected chi connectivity index (χ2v) is 7.14. The van der Waals surface area contributed by atoms with Crippen LogP contribution in [0.1, 0.15) is 23.1 Å². The van der Waals surface area contributed by atoms with Crippen LogP contribution >= 0.6 is 0 Å². The highest BCUT2D eigenvalue weighted by Gasteiger charge is 2.36. The van der Waals surface area contributed by atoms with Crippen LogP contribution in [0.3, 0.4) is 0 Å². The van der Waals surface area contributed by atoms with Gasteiger partial charge in [0.25, 0.3) is 0 Å². The Hall–Kier alpha value is -4.01. The largest absolute Gasteiger partial charge is 0.481 e.